The number of nitrogens with one attached hydrogen (secondary N) is 1. The molecule has 0 spiro atoms. The topological polar surface area (TPSA) is 12.0 Å². The average Bonchev–Trinajstić information content (AvgIpc) is 2.14. The van der Waals surface area contributed by atoms with E-state index in [4.69, 9.17) is 0 Å². The molecule has 0 aliphatic heterocycles. The maximum Gasteiger partial charge on any atom is 0.0309 e. The first-order chi connectivity index (χ1) is 6.67. The first-order valence-electron chi connectivity index (χ1n) is 5.65. The minimum absolute atomic E-state index is 0.533. The molecule has 0 aromatic carbocycles. The quantitative estimate of drug-likeness (QED) is 0.582. The summed E-state index contributed by atoms with van der Waals surface area (Å²) in [6.07, 6.45) is 7.40. The fraction of sp³-hybridized carbons (Fsp3) is 0.692. The summed E-state index contributed by atoms with van der Waals surface area (Å²) in [7, 11) is 0. The summed E-state index contributed by atoms with van der Waals surface area (Å²) in [5, 5.41) is 3.37. The van der Waals surface area contributed by atoms with Crippen LogP contribution in [-0.2, 0) is 0 Å². The predicted octanol–water partition coefficient (Wildman–Crippen LogP) is 3.74. The molecule has 0 saturated heterocycles. The molecule has 0 bridgehead atoms. The van der Waals surface area contributed by atoms with E-state index in [2.05, 4.69) is 39.2 Å². The lowest BCUT2D eigenvalue weighted by Crippen LogP contribution is -2.37. The molecule has 0 amide bonds. The summed E-state index contributed by atoms with van der Waals surface area (Å²) >= 11 is 0. The number of allylic oxidation sites excluding steroid dienone is 1. The van der Waals surface area contributed by atoms with Crippen molar-refractivity contribution in [2.45, 2.75) is 46.1 Å². The van der Waals surface area contributed by atoms with Crippen LogP contribution in [-0.4, -0.2) is 6.04 Å². The van der Waals surface area contributed by atoms with E-state index in [1.165, 1.54) is 12.8 Å². The first kappa shape index (κ1) is 13.3. The third-order valence-electron chi connectivity index (χ3n) is 2.82. The smallest absolute Gasteiger partial charge is 0.0309 e. The Balaban J connectivity index is 4.23. The highest BCUT2D eigenvalue weighted by Gasteiger charge is 2.20. The van der Waals surface area contributed by atoms with E-state index < -0.39 is 0 Å². The van der Waals surface area contributed by atoms with Crippen LogP contribution in [0.2, 0.25) is 0 Å². The number of rotatable bonds is 8. The normalized spacial score (nSPS) is 16.8. The van der Waals surface area contributed by atoms with Crippen LogP contribution in [0.1, 0.15) is 40.0 Å². The molecular weight excluding hydrogens is 170 g/mol. The lowest BCUT2D eigenvalue weighted by atomic mass is 9.86. The summed E-state index contributed by atoms with van der Waals surface area (Å²) in [5.74, 6) is 1.33. The van der Waals surface area contributed by atoms with Gasteiger partial charge in [0.1, 0.15) is 0 Å². The lowest BCUT2D eigenvalue weighted by molar-refractivity contribution is 0.295. The summed E-state index contributed by atoms with van der Waals surface area (Å²) in [4.78, 5) is 0. The summed E-state index contributed by atoms with van der Waals surface area (Å²) in [6.45, 7) is 14.4. The Morgan fingerprint density at radius 3 is 2.29 bits per heavy atom. The van der Waals surface area contributed by atoms with Crippen molar-refractivity contribution in [3.8, 4) is 0 Å². The van der Waals surface area contributed by atoms with Gasteiger partial charge in [0, 0.05) is 6.04 Å². The van der Waals surface area contributed by atoms with Crippen molar-refractivity contribution in [2.75, 3.05) is 0 Å². The van der Waals surface area contributed by atoms with Gasteiger partial charge in [-0.2, -0.15) is 0 Å². The highest BCUT2D eigenvalue weighted by Crippen LogP contribution is 2.20. The molecular formula is C13H25N. The Morgan fingerprint density at radius 1 is 1.21 bits per heavy atom. The third-order valence-corrected chi connectivity index (χ3v) is 2.82. The van der Waals surface area contributed by atoms with Crippen LogP contribution in [0.25, 0.3) is 0 Å². The molecule has 1 nitrogen and oxygen atoms in total. The van der Waals surface area contributed by atoms with Crippen molar-refractivity contribution in [3.63, 3.8) is 0 Å². The SMILES string of the molecule is C=CCC(C)C(NC=C)C(C)CCC. The molecule has 0 saturated carbocycles. The molecule has 3 atom stereocenters. The van der Waals surface area contributed by atoms with E-state index >= 15 is 0 Å². The minimum atomic E-state index is 0.533. The second-order valence-electron chi connectivity index (χ2n) is 4.16. The van der Waals surface area contributed by atoms with Crippen LogP contribution >= 0.6 is 0 Å². The van der Waals surface area contributed by atoms with Gasteiger partial charge in [-0.05, 0) is 30.9 Å². The van der Waals surface area contributed by atoms with Crippen molar-refractivity contribution in [1.29, 1.82) is 0 Å². The molecule has 0 heterocycles. The molecule has 1 heteroatoms. The van der Waals surface area contributed by atoms with E-state index in [9.17, 15) is 0 Å². The Bertz CT molecular complexity index is 163. The van der Waals surface area contributed by atoms with E-state index in [1.807, 2.05) is 12.3 Å². The van der Waals surface area contributed by atoms with Gasteiger partial charge < -0.3 is 5.32 Å². The third kappa shape index (κ3) is 4.50. The maximum atomic E-state index is 3.79. The summed E-state index contributed by atoms with van der Waals surface area (Å²) in [6, 6.07) is 0.533. The highest BCUT2D eigenvalue weighted by molar-refractivity contribution is 4.86. The van der Waals surface area contributed by atoms with Gasteiger partial charge in [0.15, 0.2) is 0 Å². The van der Waals surface area contributed by atoms with Crippen molar-refractivity contribution in [1.82, 2.24) is 5.32 Å². The van der Waals surface area contributed by atoms with Crippen molar-refractivity contribution in [3.05, 3.63) is 25.4 Å². The van der Waals surface area contributed by atoms with Crippen molar-refractivity contribution < 1.29 is 0 Å². The lowest BCUT2D eigenvalue weighted by Gasteiger charge is -2.29. The Kier molecular flexibility index (Phi) is 7.27. The van der Waals surface area contributed by atoms with Gasteiger partial charge >= 0.3 is 0 Å². The van der Waals surface area contributed by atoms with Crippen molar-refractivity contribution in [2.24, 2.45) is 11.8 Å². The fourth-order valence-electron chi connectivity index (χ4n) is 2.07. The Morgan fingerprint density at radius 2 is 1.86 bits per heavy atom. The van der Waals surface area contributed by atoms with E-state index in [0.717, 1.165) is 6.42 Å². The molecule has 0 aromatic heterocycles. The van der Waals surface area contributed by atoms with Crippen LogP contribution in [0.5, 0.6) is 0 Å². The van der Waals surface area contributed by atoms with Crippen LogP contribution < -0.4 is 5.32 Å². The fourth-order valence-corrected chi connectivity index (χ4v) is 2.07. The Hall–Kier alpha value is -0.720. The van der Waals surface area contributed by atoms with Crippen LogP contribution in [0.15, 0.2) is 25.4 Å². The molecule has 0 radical (unpaired) electrons. The van der Waals surface area contributed by atoms with Gasteiger partial charge in [-0.3, -0.25) is 0 Å². The van der Waals surface area contributed by atoms with Crippen LogP contribution in [0, 0.1) is 11.8 Å². The molecule has 0 fully saturated rings. The monoisotopic (exact) mass is 195 g/mol. The molecule has 14 heavy (non-hydrogen) atoms. The second kappa shape index (κ2) is 7.66. The summed E-state index contributed by atoms with van der Waals surface area (Å²) < 4.78 is 0. The van der Waals surface area contributed by atoms with Gasteiger partial charge in [-0.15, -0.1) is 6.58 Å². The van der Waals surface area contributed by atoms with Gasteiger partial charge in [0.2, 0.25) is 0 Å². The van der Waals surface area contributed by atoms with E-state index in [-0.39, 0.29) is 0 Å². The zero-order valence-corrected chi connectivity index (χ0v) is 9.92. The molecule has 0 aromatic rings. The average molecular weight is 195 g/mol. The number of hydrogen-bond acceptors (Lipinski definition) is 1. The second-order valence-corrected chi connectivity index (χ2v) is 4.16. The zero-order valence-electron chi connectivity index (χ0n) is 9.92. The molecule has 0 aliphatic carbocycles. The van der Waals surface area contributed by atoms with Crippen molar-refractivity contribution >= 4 is 0 Å². The highest BCUT2D eigenvalue weighted by atomic mass is 14.9. The largest absolute Gasteiger partial charge is 0.388 e. The first-order valence-corrected chi connectivity index (χ1v) is 5.65. The maximum absolute atomic E-state index is 3.79. The summed E-state index contributed by atoms with van der Waals surface area (Å²) in [5.41, 5.74) is 0. The number of hydrogen-bond donors (Lipinski definition) is 1. The van der Waals surface area contributed by atoms with Gasteiger partial charge in [0.25, 0.3) is 0 Å². The van der Waals surface area contributed by atoms with Crippen LogP contribution in [0.3, 0.4) is 0 Å². The van der Waals surface area contributed by atoms with Gasteiger partial charge in [-0.25, -0.2) is 0 Å². The predicted molar refractivity (Wildman–Crippen MR) is 65.2 cm³/mol. The standard InChI is InChI=1S/C13H25N/c1-6-9-11(4)13(14-8-3)12(5)10-7-2/h6,8,11-14H,1,3,7,9-10H2,2,4-5H3. The molecule has 1 N–H and O–H groups in total. The molecule has 0 aliphatic rings. The van der Waals surface area contributed by atoms with E-state index in [0.29, 0.717) is 17.9 Å². The minimum Gasteiger partial charge on any atom is -0.388 e. The molecule has 3 unspecified atom stereocenters. The van der Waals surface area contributed by atoms with Gasteiger partial charge in [0.05, 0.1) is 0 Å². The van der Waals surface area contributed by atoms with Crippen LogP contribution in [0.4, 0.5) is 0 Å². The van der Waals surface area contributed by atoms with Gasteiger partial charge in [-0.1, -0.05) is 39.8 Å². The molecule has 82 valence electrons. The van der Waals surface area contributed by atoms with E-state index in [1.54, 1.807) is 0 Å². The Labute approximate surface area is 89.3 Å². The molecule has 0 rings (SSSR count). The zero-order chi connectivity index (χ0) is 11.0.